The summed E-state index contributed by atoms with van der Waals surface area (Å²) in [6, 6.07) is 22.2. The van der Waals surface area contributed by atoms with Gasteiger partial charge in [-0.1, -0.05) is 36.4 Å². The molecule has 0 atom stereocenters. The molecule has 4 heterocycles. The van der Waals surface area contributed by atoms with Crippen molar-refractivity contribution in [3.63, 3.8) is 0 Å². The maximum Gasteiger partial charge on any atom is 0.251 e. The van der Waals surface area contributed by atoms with Gasteiger partial charge in [0.2, 0.25) is 0 Å². The Kier molecular flexibility index (Phi) is 13.0. The van der Waals surface area contributed by atoms with Crippen LogP contribution in [0.2, 0.25) is 0 Å². The Hall–Kier alpha value is -6.20. The monoisotopic (exact) mass is 788 g/mol. The van der Waals surface area contributed by atoms with E-state index in [0.717, 1.165) is 44.5 Å². The molecular weight excluding hydrogens is 741 g/mol. The quantitative estimate of drug-likeness (QED) is 0.0811. The van der Waals surface area contributed by atoms with E-state index in [9.17, 15) is 9.59 Å². The number of amides is 2. The number of rotatable bonds is 20. The first-order chi connectivity index (χ1) is 28.4. The highest BCUT2D eigenvalue weighted by atomic mass is 16.5. The Labute approximate surface area is 334 Å². The van der Waals surface area contributed by atoms with Crippen molar-refractivity contribution in [3.8, 4) is 0 Å². The number of methoxy groups -OCH3 is 2. The number of hydrogen-bond donors (Lipinski definition) is 4. The summed E-state index contributed by atoms with van der Waals surface area (Å²) < 4.78 is 26.7. The van der Waals surface area contributed by atoms with Gasteiger partial charge in [0.05, 0.1) is 61.7 Å². The smallest absolute Gasteiger partial charge is 0.251 e. The molecule has 4 aromatic heterocycles. The van der Waals surface area contributed by atoms with Crippen LogP contribution in [0.3, 0.4) is 0 Å². The van der Waals surface area contributed by atoms with Gasteiger partial charge in [-0.25, -0.2) is 19.9 Å². The number of ether oxygens (including phenoxy) is 4. The minimum atomic E-state index is -0.260. The number of nitrogens with two attached hydrogens (primary N) is 2. The molecule has 6 N–H and O–H groups in total. The van der Waals surface area contributed by atoms with Crippen molar-refractivity contribution < 1.29 is 28.5 Å². The van der Waals surface area contributed by atoms with Crippen LogP contribution in [-0.2, 0) is 44.9 Å². The number of aromatic nitrogens is 6. The maximum absolute atomic E-state index is 12.8. The molecule has 302 valence electrons. The number of imidazole rings is 2. The molecule has 0 saturated carbocycles. The summed E-state index contributed by atoms with van der Waals surface area (Å²) in [5.41, 5.74) is 18.2. The number of fused-ring (bicyclic) bond motifs is 6. The zero-order valence-corrected chi connectivity index (χ0v) is 32.7. The average molecular weight is 789 g/mol. The highest BCUT2D eigenvalue weighted by Crippen LogP contribution is 2.30. The van der Waals surface area contributed by atoms with E-state index in [-0.39, 0.29) is 11.8 Å². The predicted molar refractivity (Wildman–Crippen MR) is 223 cm³/mol. The van der Waals surface area contributed by atoms with Crippen LogP contribution < -0.4 is 22.1 Å². The molecule has 58 heavy (non-hydrogen) atoms. The van der Waals surface area contributed by atoms with Crippen LogP contribution in [0.4, 0.5) is 11.6 Å². The van der Waals surface area contributed by atoms with Crippen molar-refractivity contribution in [1.29, 1.82) is 0 Å². The molecular formula is C42H48N10O6. The van der Waals surface area contributed by atoms with Crippen molar-refractivity contribution in [2.75, 3.05) is 78.4 Å². The lowest BCUT2D eigenvalue weighted by molar-refractivity contribution is 0.0899. The fourth-order valence-corrected chi connectivity index (χ4v) is 7.03. The van der Waals surface area contributed by atoms with Gasteiger partial charge in [0.1, 0.15) is 22.7 Å². The summed E-state index contributed by atoms with van der Waals surface area (Å²) in [6.45, 7) is 4.16. The van der Waals surface area contributed by atoms with Crippen LogP contribution in [0.5, 0.6) is 0 Å². The molecule has 0 aliphatic rings. The van der Waals surface area contributed by atoms with Gasteiger partial charge in [-0.3, -0.25) is 9.59 Å². The lowest BCUT2D eigenvalue weighted by atomic mass is 10.1. The van der Waals surface area contributed by atoms with Gasteiger partial charge in [-0.05, 0) is 36.4 Å². The molecule has 0 spiro atoms. The van der Waals surface area contributed by atoms with E-state index in [2.05, 4.69) is 29.7 Å². The molecule has 0 unspecified atom stereocenters. The highest BCUT2D eigenvalue weighted by Gasteiger charge is 2.19. The molecule has 0 saturated heterocycles. The van der Waals surface area contributed by atoms with Crippen LogP contribution in [0.1, 0.15) is 32.4 Å². The summed E-state index contributed by atoms with van der Waals surface area (Å²) in [5.74, 6) is 1.92. The Morgan fingerprint density at radius 2 is 0.983 bits per heavy atom. The fraction of sp³-hybridized carbons (Fsp3) is 0.333. The lowest BCUT2D eigenvalue weighted by Gasteiger charge is -2.12. The number of carbonyl (C=O) groups is 2. The van der Waals surface area contributed by atoms with Gasteiger partial charge in [-0.15, -0.1) is 0 Å². The lowest BCUT2D eigenvalue weighted by Crippen LogP contribution is -2.29. The van der Waals surface area contributed by atoms with Crippen molar-refractivity contribution in [2.24, 2.45) is 0 Å². The second kappa shape index (κ2) is 18.8. The van der Waals surface area contributed by atoms with E-state index in [0.29, 0.717) is 112 Å². The minimum Gasteiger partial charge on any atom is -0.384 e. The van der Waals surface area contributed by atoms with Gasteiger partial charge in [-0.2, -0.15) is 0 Å². The Balaban J connectivity index is 0.844. The molecule has 0 bridgehead atoms. The number of anilines is 2. The third-order valence-corrected chi connectivity index (χ3v) is 9.83. The second-order valence-electron chi connectivity index (χ2n) is 13.6. The van der Waals surface area contributed by atoms with Crippen molar-refractivity contribution in [1.82, 2.24) is 39.7 Å². The first-order valence-electron chi connectivity index (χ1n) is 19.2. The molecule has 0 radical (unpaired) electrons. The zero-order valence-electron chi connectivity index (χ0n) is 32.7. The van der Waals surface area contributed by atoms with E-state index in [1.165, 1.54) is 0 Å². The van der Waals surface area contributed by atoms with Crippen LogP contribution >= 0.6 is 0 Å². The highest BCUT2D eigenvalue weighted by molar-refractivity contribution is 6.07. The standard InChI is InChI=1S/C42H48N10O6/c1-55-21-15-33-49-35-37(29-7-3-5-9-31(29)47-39(35)43)51(33)19-25-57-23-17-45-41(53)27-11-13-28(14-12-27)42(54)46-18-24-58-26-20-52-34(16-22-56-2)50-36-38(52)30-8-4-6-10-32(30)48-40(36)44/h3-14H,15-26H2,1-2H3,(H2,43,47)(H2,44,48)(H,45,53)(H,46,54). The topological polar surface area (TPSA) is 209 Å². The molecule has 2 amide bonds. The number of nitrogens with one attached hydrogen (secondary N) is 2. The van der Waals surface area contributed by atoms with Crippen molar-refractivity contribution in [3.05, 3.63) is 95.6 Å². The predicted octanol–water partition coefficient (Wildman–Crippen LogP) is 3.92. The Morgan fingerprint density at radius 1 is 0.569 bits per heavy atom. The number of hydrogen-bond acceptors (Lipinski definition) is 12. The van der Waals surface area contributed by atoms with E-state index in [1.807, 2.05) is 48.5 Å². The molecule has 0 aliphatic heterocycles. The number of nitrogens with zero attached hydrogens (tertiary/aromatic N) is 6. The molecule has 0 fully saturated rings. The Bertz CT molecular complexity index is 2360. The van der Waals surface area contributed by atoms with Gasteiger partial charge in [0.25, 0.3) is 11.8 Å². The Morgan fingerprint density at radius 3 is 1.40 bits per heavy atom. The molecule has 0 aliphatic carbocycles. The van der Waals surface area contributed by atoms with Crippen LogP contribution in [-0.4, -0.2) is 108 Å². The van der Waals surface area contributed by atoms with E-state index >= 15 is 0 Å². The third-order valence-electron chi connectivity index (χ3n) is 9.83. The fourth-order valence-electron chi connectivity index (χ4n) is 7.03. The molecule has 16 nitrogen and oxygen atoms in total. The van der Waals surface area contributed by atoms with Crippen LogP contribution in [0, 0.1) is 0 Å². The summed E-state index contributed by atoms with van der Waals surface area (Å²) in [5, 5.41) is 7.68. The summed E-state index contributed by atoms with van der Waals surface area (Å²) in [6.07, 6.45) is 1.22. The SMILES string of the molecule is COCCc1nc2c(N)nc3ccccc3c2n1CCOCCNC(=O)c1ccc(C(=O)NCCOCCn2c(CCOC)nc3c(N)nc4ccccc4c32)cc1. The maximum atomic E-state index is 12.8. The molecule has 16 heteroatoms. The van der Waals surface area contributed by atoms with E-state index in [1.54, 1.807) is 38.5 Å². The summed E-state index contributed by atoms with van der Waals surface area (Å²) >= 11 is 0. The van der Waals surface area contributed by atoms with E-state index < -0.39 is 0 Å². The summed E-state index contributed by atoms with van der Waals surface area (Å²) in [7, 11) is 3.31. The average Bonchev–Trinajstić information content (AvgIpc) is 3.81. The van der Waals surface area contributed by atoms with Gasteiger partial charge in [0.15, 0.2) is 11.6 Å². The van der Waals surface area contributed by atoms with Gasteiger partial charge < -0.3 is 50.2 Å². The number of nitrogen functional groups attached to an aromatic ring is 2. The van der Waals surface area contributed by atoms with Crippen LogP contribution in [0.25, 0.3) is 43.9 Å². The normalized spacial score (nSPS) is 11.6. The second-order valence-corrected chi connectivity index (χ2v) is 13.6. The molecule has 7 aromatic rings. The number of carbonyl (C=O) groups excluding carboxylic acids is 2. The minimum absolute atomic E-state index is 0.260. The van der Waals surface area contributed by atoms with Gasteiger partial charge >= 0.3 is 0 Å². The number of para-hydroxylation sites is 2. The third kappa shape index (κ3) is 8.84. The number of benzene rings is 3. The molecule has 3 aromatic carbocycles. The zero-order chi connectivity index (χ0) is 40.4. The first kappa shape index (κ1) is 40.0. The molecule has 7 rings (SSSR count). The number of pyridine rings is 2. The first-order valence-corrected chi connectivity index (χ1v) is 19.2. The summed E-state index contributed by atoms with van der Waals surface area (Å²) in [4.78, 5) is 44.3. The van der Waals surface area contributed by atoms with Crippen molar-refractivity contribution in [2.45, 2.75) is 25.9 Å². The largest absolute Gasteiger partial charge is 0.384 e. The van der Waals surface area contributed by atoms with Gasteiger partial charge in [0, 0.05) is 75.1 Å². The van der Waals surface area contributed by atoms with Crippen LogP contribution in [0.15, 0.2) is 72.8 Å². The van der Waals surface area contributed by atoms with E-state index in [4.69, 9.17) is 40.4 Å². The van der Waals surface area contributed by atoms with Crippen molar-refractivity contribution >= 4 is 67.3 Å².